The van der Waals surface area contributed by atoms with Crippen LogP contribution in [0.5, 0.6) is 0 Å². The Morgan fingerprint density at radius 2 is 1.79 bits per heavy atom. The van der Waals surface area contributed by atoms with Gasteiger partial charge in [-0.1, -0.05) is 30.3 Å². The second-order valence-corrected chi connectivity index (χ2v) is 14.5. The Bertz CT molecular complexity index is 1870. The van der Waals surface area contributed by atoms with Crippen LogP contribution in [0.1, 0.15) is 88.3 Å². The van der Waals surface area contributed by atoms with Crippen molar-refractivity contribution in [1.82, 2.24) is 35.1 Å². The average molecular weight is 708 g/mol. The molecule has 0 spiro atoms. The fourth-order valence-electron chi connectivity index (χ4n) is 8.65. The van der Waals surface area contributed by atoms with E-state index in [4.69, 9.17) is 4.74 Å². The minimum Gasteiger partial charge on any atom is -0.381 e. The van der Waals surface area contributed by atoms with Crippen LogP contribution in [0, 0.1) is 12.1 Å². The molecular formula is C38H43N8O6. The highest BCUT2D eigenvalue weighted by Crippen LogP contribution is 2.39. The molecule has 0 saturated carbocycles. The van der Waals surface area contributed by atoms with Gasteiger partial charge >= 0.3 is 0 Å². The van der Waals surface area contributed by atoms with Crippen molar-refractivity contribution in [2.24, 2.45) is 5.92 Å². The first-order chi connectivity index (χ1) is 25.3. The first-order valence-corrected chi connectivity index (χ1v) is 18.2. The lowest BCUT2D eigenvalue weighted by atomic mass is 9.94. The Morgan fingerprint density at radius 3 is 2.56 bits per heavy atom. The molecule has 3 fully saturated rings. The number of imide groups is 2. The molecule has 6 heterocycles. The third-order valence-corrected chi connectivity index (χ3v) is 11.2. The fraction of sp³-hybridized carbons (Fsp3) is 0.474. The molecule has 0 aliphatic carbocycles. The van der Waals surface area contributed by atoms with Crippen LogP contribution in [0.3, 0.4) is 0 Å². The van der Waals surface area contributed by atoms with E-state index in [9.17, 15) is 24.0 Å². The normalized spacial score (nSPS) is 24.9. The van der Waals surface area contributed by atoms with Gasteiger partial charge in [0, 0.05) is 57.0 Å². The number of amides is 5. The summed E-state index contributed by atoms with van der Waals surface area (Å²) in [6, 6.07) is 14.0. The summed E-state index contributed by atoms with van der Waals surface area (Å²) in [6.45, 7) is 5.02. The lowest BCUT2D eigenvalue weighted by molar-refractivity contribution is -0.150. The highest BCUT2D eigenvalue weighted by molar-refractivity contribution is 6.23. The minimum atomic E-state index is -0.982. The molecule has 5 amide bonds. The lowest BCUT2D eigenvalue weighted by Crippen LogP contribution is -2.54. The van der Waals surface area contributed by atoms with E-state index >= 15 is 0 Å². The monoisotopic (exact) mass is 707 g/mol. The van der Waals surface area contributed by atoms with Gasteiger partial charge in [0.05, 0.1) is 23.4 Å². The van der Waals surface area contributed by atoms with Crippen molar-refractivity contribution >= 4 is 35.2 Å². The van der Waals surface area contributed by atoms with E-state index in [2.05, 4.69) is 36.8 Å². The van der Waals surface area contributed by atoms with Crippen molar-refractivity contribution < 1.29 is 28.7 Å². The number of H-pyrrole nitrogens is 1. The zero-order valence-corrected chi connectivity index (χ0v) is 29.2. The van der Waals surface area contributed by atoms with E-state index < -0.39 is 35.8 Å². The van der Waals surface area contributed by atoms with Gasteiger partial charge in [0.15, 0.2) is 6.10 Å². The second kappa shape index (κ2) is 14.2. The SMILES string of the molecule is CO[C@@H](C(=O)N1Cc2[nH]n[c]c2C1N1CCC(CN2CCC[C@@H](Nc3ccc4c(c3)C(=O)N(C3CCC(=O)NC3=O)C4=O)C2)CC1)c1ccccc1. The van der Waals surface area contributed by atoms with Gasteiger partial charge in [-0.15, -0.1) is 0 Å². The third-order valence-electron chi connectivity index (χ3n) is 11.2. The standard InChI is InChI=1S/C38H43N8O6/c1-52-33(24-6-3-2-4-7-24)38(51)45-22-30-29(19-39-42-30)35(45)44-16-13-23(14-17-44)20-43-15-5-8-26(21-43)40-25-9-10-27-28(18-25)37(50)46(36(27)49)31-11-12-32(47)41-34(31)48/h2-4,6-7,9-10,18,23,26,31,33,35,40H,5,8,11-17,20-22H2,1H3,(H,39,42)(H,41,47,48)/t26-,31?,33-,35?/m1/s1. The van der Waals surface area contributed by atoms with E-state index in [1.165, 1.54) is 0 Å². The summed E-state index contributed by atoms with van der Waals surface area (Å²) in [5.74, 6) is -1.57. The van der Waals surface area contributed by atoms with Crippen molar-refractivity contribution in [1.29, 1.82) is 0 Å². The molecule has 3 saturated heterocycles. The minimum absolute atomic E-state index is 0.0725. The predicted octanol–water partition coefficient (Wildman–Crippen LogP) is 2.63. The molecular weight excluding hydrogens is 664 g/mol. The van der Waals surface area contributed by atoms with Crippen LogP contribution in [-0.2, 0) is 25.7 Å². The van der Waals surface area contributed by atoms with Crippen molar-refractivity contribution in [2.45, 2.75) is 69.4 Å². The van der Waals surface area contributed by atoms with Crippen LogP contribution < -0.4 is 10.6 Å². The summed E-state index contributed by atoms with van der Waals surface area (Å²) in [7, 11) is 1.58. The number of carbonyl (C=O) groups is 5. The van der Waals surface area contributed by atoms with E-state index in [-0.39, 0.29) is 42.1 Å². The van der Waals surface area contributed by atoms with Crippen molar-refractivity contribution in [3.63, 3.8) is 0 Å². The summed E-state index contributed by atoms with van der Waals surface area (Å²) < 4.78 is 5.72. The molecule has 1 radical (unpaired) electrons. The number of fused-ring (bicyclic) bond motifs is 2. The molecule has 14 nitrogen and oxygen atoms in total. The zero-order chi connectivity index (χ0) is 35.9. The zero-order valence-electron chi connectivity index (χ0n) is 29.2. The van der Waals surface area contributed by atoms with E-state index in [1.807, 2.05) is 41.3 Å². The van der Waals surface area contributed by atoms with Crippen molar-refractivity contribution in [3.05, 3.63) is 82.7 Å². The quantitative estimate of drug-likeness (QED) is 0.282. The van der Waals surface area contributed by atoms with E-state index in [0.717, 1.165) is 85.8 Å². The van der Waals surface area contributed by atoms with Gasteiger partial charge in [-0.25, -0.2) is 0 Å². The molecule has 2 unspecified atom stereocenters. The highest BCUT2D eigenvalue weighted by Gasteiger charge is 2.45. The number of carbonyl (C=O) groups excluding carboxylic acids is 5. The number of rotatable bonds is 9. The third kappa shape index (κ3) is 6.39. The number of methoxy groups -OCH3 is 1. The van der Waals surface area contributed by atoms with Crippen LogP contribution in [0.15, 0.2) is 48.5 Å². The predicted molar refractivity (Wildman–Crippen MR) is 187 cm³/mol. The van der Waals surface area contributed by atoms with Gasteiger partial charge in [-0.2, -0.15) is 5.10 Å². The largest absolute Gasteiger partial charge is 0.381 e. The van der Waals surface area contributed by atoms with Gasteiger partial charge < -0.3 is 19.9 Å². The summed E-state index contributed by atoms with van der Waals surface area (Å²) in [6.07, 6.45) is 6.47. The maximum Gasteiger partial charge on any atom is 0.262 e. The lowest BCUT2D eigenvalue weighted by Gasteiger charge is -2.42. The number of hydrogen-bond acceptors (Lipinski definition) is 10. The molecule has 8 rings (SSSR count). The highest BCUT2D eigenvalue weighted by atomic mass is 16.5. The summed E-state index contributed by atoms with van der Waals surface area (Å²) in [5, 5.41) is 13.1. The average Bonchev–Trinajstić information content (AvgIpc) is 3.82. The van der Waals surface area contributed by atoms with Crippen molar-refractivity contribution in [2.75, 3.05) is 45.2 Å². The topological polar surface area (TPSA) is 160 Å². The number of aromatic nitrogens is 2. The Kier molecular flexibility index (Phi) is 9.36. The first-order valence-electron chi connectivity index (χ1n) is 18.2. The Hall–Kier alpha value is -4.92. The van der Waals surface area contributed by atoms with Gasteiger partial charge in [-0.05, 0) is 68.3 Å². The maximum absolute atomic E-state index is 13.9. The number of piperidine rings is 3. The molecule has 5 aliphatic rings. The van der Waals surface area contributed by atoms with Gasteiger partial charge in [0.25, 0.3) is 17.7 Å². The van der Waals surface area contributed by atoms with E-state index in [1.54, 1.807) is 19.2 Å². The summed E-state index contributed by atoms with van der Waals surface area (Å²) in [5.41, 5.74) is 4.00. The van der Waals surface area contributed by atoms with Gasteiger partial charge in [-0.3, -0.25) is 44.2 Å². The number of ether oxygens (including phenoxy) is 1. The molecule has 4 atom stereocenters. The van der Waals surface area contributed by atoms with Gasteiger partial charge in [0.2, 0.25) is 11.8 Å². The molecule has 52 heavy (non-hydrogen) atoms. The van der Waals surface area contributed by atoms with Crippen LogP contribution in [-0.4, -0.2) is 111 Å². The molecule has 3 aromatic rings. The second-order valence-electron chi connectivity index (χ2n) is 14.5. The molecule has 5 aliphatic heterocycles. The number of nitrogens with zero attached hydrogens (tertiary/aromatic N) is 5. The Morgan fingerprint density at radius 1 is 1.00 bits per heavy atom. The smallest absolute Gasteiger partial charge is 0.262 e. The number of benzene rings is 2. The number of anilines is 1. The molecule has 2 aromatic carbocycles. The number of likely N-dealkylation sites (tertiary alicyclic amines) is 2. The number of aromatic amines is 1. The van der Waals surface area contributed by atoms with Gasteiger partial charge in [0.1, 0.15) is 18.4 Å². The molecule has 1 aromatic heterocycles. The molecule has 0 bridgehead atoms. The Balaban J connectivity index is 0.868. The fourth-order valence-corrected chi connectivity index (χ4v) is 8.65. The molecule has 14 heteroatoms. The van der Waals surface area contributed by atoms with Crippen LogP contribution >= 0.6 is 0 Å². The van der Waals surface area contributed by atoms with E-state index in [0.29, 0.717) is 12.5 Å². The summed E-state index contributed by atoms with van der Waals surface area (Å²) in [4.78, 5) is 72.2. The van der Waals surface area contributed by atoms with Crippen LogP contribution in [0.4, 0.5) is 5.69 Å². The van der Waals surface area contributed by atoms with Crippen LogP contribution in [0.25, 0.3) is 0 Å². The first kappa shape index (κ1) is 34.2. The van der Waals surface area contributed by atoms with Crippen molar-refractivity contribution in [3.8, 4) is 0 Å². The number of hydrogen-bond donors (Lipinski definition) is 3. The molecule has 3 N–H and O–H groups in total. The number of nitrogens with one attached hydrogen (secondary N) is 3. The summed E-state index contributed by atoms with van der Waals surface area (Å²) >= 11 is 0. The Labute approximate surface area is 301 Å². The van der Waals surface area contributed by atoms with Crippen LogP contribution in [0.2, 0.25) is 0 Å². The molecule has 271 valence electrons. The maximum atomic E-state index is 13.9.